The van der Waals surface area contributed by atoms with Gasteiger partial charge in [0.2, 0.25) is 0 Å². The SMILES string of the molecule is C[C@H]1CN(Cc2ccc(C(=O)Nc3ccc(OCc4ccccn4)c(Cl)c3)cc2)CCO1. The van der Waals surface area contributed by atoms with Crippen molar-refractivity contribution < 1.29 is 14.3 Å². The van der Waals surface area contributed by atoms with E-state index < -0.39 is 0 Å². The summed E-state index contributed by atoms with van der Waals surface area (Å²) in [5.41, 5.74) is 3.19. The maximum Gasteiger partial charge on any atom is 0.255 e. The van der Waals surface area contributed by atoms with Crippen molar-refractivity contribution in [2.75, 3.05) is 25.0 Å². The lowest BCUT2D eigenvalue weighted by molar-refractivity contribution is -0.0212. The average Bonchev–Trinajstić information content (AvgIpc) is 2.80. The van der Waals surface area contributed by atoms with Crippen LogP contribution in [0.3, 0.4) is 0 Å². The van der Waals surface area contributed by atoms with Gasteiger partial charge in [0.15, 0.2) is 0 Å². The molecule has 7 heteroatoms. The van der Waals surface area contributed by atoms with Crippen LogP contribution >= 0.6 is 11.6 Å². The number of carbonyl (C=O) groups is 1. The quantitative estimate of drug-likeness (QED) is 0.559. The van der Waals surface area contributed by atoms with E-state index in [0.29, 0.717) is 28.6 Å². The Kier molecular flexibility index (Phi) is 7.37. The standard InChI is InChI=1S/C25H26ClN3O3/c1-18-15-29(12-13-31-18)16-19-5-7-20(8-6-19)25(30)28-21-9-10-24(23(26)14-21)32-17-22-4-2-3-11-27-22/h2-11,14,18H,12-13,15-17H2,1H3,(H,28,30)/t18-/m0/s1. The van der Waals surface area contributed by atoms with Crippen LogP contribution in [-0.4, -0.2) is 41.6 Å². The highest BCUT2D eigenvalue weighted by molar-refractivity contribution is 6.32. The molecule has 1 aliphatic heterocycles. The number of nitrogens with zero attached hydrogens (tertiary/aromatic N) is 2. The second kappa shape index (κ2) is 10.6. The highest BCUT2D eigenvalue weighted by Gasteiger charge is 2.17. The highest BCUT2D eigenvalue weighted by Crippen LogP contribution is 2.28. The Morgan fingerprint density at radius 2 is 2.06 bits per heavy atom. The van der Waals surface area contributed by atoms with Gasteiger partial charge in [-0.3, -0.25) is 14.7 Å². The molecule has 166 valence electrons. The molecule has 1 aromatic heterocycles. The van der Waals surface area contributed by atoms with Crippen molar-refractivity contribution in [3.8, 4) is 5.75 Å². The predicted molar refractivity (Wildman–Crippen MR) is 125 cm³/mol. The van der Waals surface area contributed by atoms with Gasteiger partial charge in [0.05, 0.1) is 23.4 Å². The molecular formula is C25H26ClN3O3. The molecule has 1 atom stereocenters. The molecule has 3 aromatic rings. The molecule has 0 saturated carbocycles. The van der Waals surface area contributed by atoms with E-state index in [1.165, 1.54) is 5.56 Å². The Labute approximate surface area is 193 Å². The van der Waals surface area contributed by atoms with Crippen molar-refractivity contribution in [1.82, 2.24) is 9.88 Å². The lowest BCUT2D eigenvalue weighted by Gasteiger charge is -2.31. The third-order valence-electron chi connectivity index (χ3n) is 5.24. The van der Waals surface area contributed by atoms with E-state index in [0.717, 1.165) is 31.9 Å². The molecule has 1 saturated heterocycles. The summed E-state index contributed by atoms with van der Waals surface area (Å²) in [6.45, 7) is 5.87. The highest BCUT2D eigenvalue weighted by atomic mass is 35.5. The summed E-state index contributed by atoms with van der Waals surface area (Å²) in [7, 11) is 0. The molecule has 1 aliphatic rings. The van der Waals surface area contributed by atoms with E-state index in [1.54, 1.807) is 24.4 Å². The summed E-state index contributed by atoms with van der Waals surface area (Å²) >= 11 is 6.34. The summed E-state index contributed by atoms with van der Waals surface area (Å²) in [4.78, 5) is 19.2. The van der Waals surface area contributed by atoms with Crippen LogP contribution < -0.4 is 10.1 Å². The van der Waals surface area contributed by atoms with Crippen LogP contribution in [-0.2, 0) is 17.9 Å². The zero-order valence-electron chi connectivity index (χ0n) is 18.0. The van der Waals surface area contributed by atoms with Gasteiger partial charge >= 0.3 is 0 Å². The third kappa shape index (κ3) is 6.07. The third-order valence-corrected chi connectivity index (χ3v) is 5.53. The maximum absolute atomic E-state index is 12.6. The predicted octanol–water partition coefficient (Wildman–Crippen LogP) is 4.79. The first kappa shape index (κ1) is 22.3. The first-order valence-corrected chi connectivity index (χ1v) is 11.0. The van der Waals surface area contributed by atoms with Gasteiger partial charge in [-0.1, -0.05) is 29.8 Å². The average molecular weight is 452 g/mol. The second-order valence-electron chi connectivity index (χ2n) is 7.82. The van der Waals surface area contributed by atoms with Crippen LogP contribution in [0.4, 0.5) is 5.69 Å². The molecule has 6 nitrogen and oxygen atoms in total. The Balaban J connectivity index is 1.32. The number of amides is 1. The minimum Gasteiger partial charge on any atom is -0.486 e. The van der Waals surface area contributed by atoms with E-state index >= 15 is 0 Å². The smallest absolute Gasteiger partial charge is 0.255 e. The number of halogens is 1. The first-order chi connectivity index (χ1) is 15.6. The largest absolute Gasteiger partial charge is 0.486 e. The zero-order chi connectivity index (χ0) is 22.3. The minimum absolute atomic E-state index is 0.185. The van der Waals surface area contributed by atoms with Gasteiger partial charge in [0, 0.05) is 37.1 Å². The van der Waals surface area contributed by atoms with Crippen molar-refractivity contribution in [1.29, 1.82) is 0 Å². The number of hydrogen-bond acceptors (Lipinski definition) is 5. The number of nitrogens with one attached hydrogen (secondary N) is 1. The van der Waals surface area contributed by atoms with Crippen molar-refractivity contribution in [2.24, 2.45) is 0 Å². The minimum atomic E-state index is -0.185. The normalized spacial score (nSPS) is 16.5. The molecule has 32 heavy (non-hydrogen) atoms. The number of aromatic nitrogens is 1. The van der Waals surface area contributed by atoms with Gasteiger partial charge in [-0.2, -0.15) is 0 Å². The fourth-order valence-corrected chi connectivity index (χ4v) is 3.82. The number of rotatable bonds is 7. The second-order valence-corrected chi connectivity index (χ2v) is 8.23. The molecule has 0 bridgehead atoms. The van der Waals surface area contributed by atoms with Gasteiger partial charge in [-0.25, -0.2) is 0 Å². The number of ether oxygens (including phenoxy) is 2. The van der Waals surface area contributed by atoms with Crippen LogP contribution in [0.5, 0.6) is 5.75 Å². The molecule has 2 heterocycles. The molecule has 1 fully saturated rings. The molecule has 1 amide bonds. The number of carbonyl (C=O) groups excluding carboxylic acids is 1. The topological polar surface area (TPSA) is 63.7 Å². The Morgan fingerprint density at radius 1 is 1.22 bits per heavy atom. The molecule has 0 unspecified atom stereocenters. The Bertz CT molecular complexity index is 1040. The van der Waals surface area contributed by atoms with Crippen LogP contribution in [0.1, 0.15) is 28.5 Å². The lowest BCUT2D eigenvalue weighted by Crippen LogP contribution is -2.40. The van der Waals surface area contributed by atoms with Crippen molar-refractivity contribution >= 4 is 23.2 Å². The van der Waals surface area contributed by atoms with E-state index in [2.05, 4.69) is 22.1 Å². The van der Waals surface area contributed by atoms with E-state index in [9.17, 15) is 4.79 Å². The maximum atomic E-state index is 12.6. The van der Waals surface area contributed by atoms with Crippen LogP contribution in [0.25, 0.3) is 0 Å². The summed E-state index contributed by atoms with van der Waals surface area (Å²) in [5.74, 6) is 0.354. The van der Waals surface area contributed by atoms with E-state index in [1.807, 2.05) is 42.5 Å². The molecule has 0 spiro atoms. The van der Waals surface area contributed by atoms with Gasteiger partial charge in [0.1, 0.15) is 12.4 Å². The summed E-state index contributed by atoms with van der Waals surface area (Å²) in [5, 5.41) is 3.31. The number of benzene rings is 2. The van der Waals surface area contributed by atoms with Crippen LogP contribution in [0.15, 0.2) is 66.9 Å². The van der Waals surface area contributed by atoms with Crippen LogP contribution in [0.2, 0.25) is 5.02 Å². The van der Waals surface area contributed by atoms with Gasteiger partial charge in [-0.15, -0.1) is 0 Å². The summed E-state index contributed by atoms with van der Waals surface area (Å²) < 4.78 is 11.3. The van der Waals surface area contributed by atoms with Gasteiger partial charge in [0.25, 0.3) is 5.91 Å². The van der Waals surface area contributed by atoms with Gasteiger partial charge < -0.3 is 14.8 Å². The number of morpholine rings is 1. The first-order valence-electron chi connectivity index (χ1n) is 10.6. The molecule has 0 aliphatic carbocycles. The van der Waals surface area contributed by atoms with Crippen molar-refractivity contribution in [2.45, 2.75) is 26.2 Å². The van der Waals surface area contributed by atoms with E-state index in [4.69, 9.17) is 21.1 Å². The monoisotopic (exact) mass is 451 g/mol. The number of pyridine rings is 1. The van der Waals surface area contributed by atoms with Crippen molar-refractivity contribution in [3.05, 3.63) is 88.7 Å². The summed E-state index contributed by atoms with van der Waals surface area (Å²) in [6.07, 6.45) is 1.97. The fourth-order valence-electron chi connectivity index (χ4n) is 3.59. The molecule has 1 N–H and O–H groups in total. The number of hydrogen-bond donors (Lipinski definition) is 1. The Hall–Kier alpha value is -2.93. The Morgan fingerprint density at radius 3 is 2.78 bits per heavy atom. The number of anilines is 1. The van der Waals surface area contributed by atoms with Crippen molar-refractivity contribution in [3.63, 3.8) is 0 Å². The van der Waals surface area contributed by atoms with Gasteiger partial charge in [-0.05, 0) is 55.0 Å². The van der Waals surface area contributed by atoms with E-state index in [-0.39, 0.29) is 12.0 Å². The molecule has 0 radical (unpaired) electrons. The zero-order valence-corrected chi connectivity index (χ0v) is 18.7. The lowest BCUT2D eigenvalue weighted by atomic mass is 10.1. The molecular weight excluding hydrogens is 426 g/mol. The molecule has 4 rings (SSSR count). The van der Waals surface area contributed by atoms with Crippen LogP contribution in [0, 0.1) is 0 Å². The fraction of sp³-hybridized carbons (Fsp3) is 0.280. The summed E-state index contributed by atoms with van der Waals surface area (Å²) in [6, 6.07) is 18.5. The molecule has 2 aromatic carbocycles.